The predicted octanol–water partition coefficient (Wildman–Crippen LogP) is 11.5. The van der Waals surface area contributed by atoms with E-state index in [0.29, 0.717) is 0 Å². The predicted molar refractivity (Wildman–Crippen MR) is 188 cm³/mol. The van der Waals surface area contributed by atoms with Gasteiger partial charge < -0.3 is 0 Å². The molecular weight excluding hydrogens is 617 g/mol. The molecule has 0 N–H and O–H groups in total. The minimum Gasteiger partial charge on any atom is -0.189 e. The Balaban J connectivity index is 1.50. The fraction of sp³-hybridized carbons (Fsp3) is 0.0526. The number of hydrogen-bond acceptors (Lipinski definition) is 2. The van der Waals surface area contributed by atoms with Gasteiger partial charge in [0.25, 0.3) is 0 Å². The lowest BCUT2D eigenvalue weighted by Crippen LogP contribution is -2.55. The molecule has 1 fully saturated rings. The van der Waals surface area contributed by atoms with Gasteiger partial charge in [0, 0.05) is 0 Å². The maximum absolute atomic E-state index is 7.89. The lowest BCUT2D eigenvalue weighted by Gasteiger charge is -2.64. The second-order valence-corrected chi connectivity index (χ2v) is 15.7. The van der Waals surface area contributed by atoms with Crippen molar-refractivity contribution in [3.05, 3.63) is 215 Å². The van der Waals surface area contributed by atoms with Crippen LogP contribution in [0.4, 0.5) is 0 Å². The molecule has 6 aromatic rings. The molecule has 0 aromatic heterocycles. The minimum absolute atomic E-state index is 0.711. The molecule has 44 heavy (non-hydrogen) atoms. The van der Waals surface area contributed by atoms with Crippen LogP contribution in [0.25, 0.3) is 0 Å². The van der Waals surface area contributed by atoms with E-state index in [9.17, 15) is 0 Å². The van der Waals surface area contributed by atoms with Gasteiger partial charge in [-0.05, 0) is 33.4 Å². The first-order valence-electron chi connectivity index (χ1n) is 14.5. The summed E-state index contributed by atoms with van der Waals surface area (Å²) < 4.78 is 4.76. The van der Waals surface area contributed by atoms with Gasteiger partial charge >= 0.3 is 0 Å². The van der Waals surface area contributed by atoms with Crippen molar-refractivity contribution in [1.29, 1.82) is 0 Å². The summed E-state index contributed by atoms with van der Waals surface area (Å²) in [5.74, 6) is 0. The molecule has 2 nitrogen and oxygen atoms in total. The molecule has 6 aromatic carbocycles. The molecule has 0 bridgehead atoms. The van der Waals surface area contributed by atoms with Crippen molar-refractivity contribution in [3.63, 3.8) is 0 Å². The van der Waals surface area contributed by atoms with Gasteiger partial charge in [0.2, 0.25) is 0 Å². The zero-order valence-electron chi connectivity index (χ0n) is 23.9. The van der Waals surface area contributed by atoms with Crippen molar-refractivity contribution in [2.24, 2.45) is 0 Å². The highest BCUT2D eigenvalue weighted by atomic mass is 35.7. The van der Waals surface area contributed by atoms with Crippen LogP contribution in [-0.4, -0.2) is 8.88 Å². The lowest BCUT2D eigenvalue weighted by molar-refractivity contribution is 0.333. The molecule has 0 aliphatic carbocycles. The third-order valence-corrected chi connectivity index (χ3v) is 15.9. The summed E-state index contributed by atoms with van der Waals surface area (Å²) in [7, 11) is -2.93. The molecular formula is C38H30Cl2N2P2. The molecule has 7 rings (SSSR count). The molecule has 0 spiro atoms. The second kappa shape index (κ2) is 12.6. The summed E-state index contributed by atoms with van der Waals surface area (Å²) in [6.07, 6.45) is 0. The Morgan fingerprint density at radius 2 is 0.455 bits per heavy atom. The standard InChI is InChI=1S/C38H30Cl2N2P2/c39-43-41(37(31-19-7-1-8-20-31,32-21-9-2-10-22-32)33-23-11-3-12-24-33)44(40)42(43)38(34-25-13-4-14-26-34,35-27-15-5-16-28-35)36-29-17-6-18-30-36/h1-30H. The number of hydrogen-bond donors (Lipinski definition) is 0. The van der Waals surface area contributed by atoms with E-state index in [1.807, 2.05) is 0 Å². The topological polar surface area (TPSA) is 6.48 Å². The smallest absolute Gasteiger partial charge is 0.154 e. The van der Waals surface area contributed by atoms with E-state index >= 15 is 0 Å². The van der Waals surface area contributed by atoms with Crippen LogP contribution in [0.3, 0.4) is 0 Å². The Labute approximate surface area is 271 Å². The van der Waals surface area contributed by atoms with Crippen LogP contribution in [0.15, 0.2) is 182 Å². The number of rotatable bonds is 8. The van der Waals surface area contributed by atoms with E-state index in [2.05, 4.69) is 191 Å². The van der Waals surface area contributed by atoms with E-state index in [1.54, 1.807) is 0 Å². The van der Waals surface area contributed by atoms with Gasteiger partial charge in [0.05, 0.1) is 0 Å². The molecule has 0 radical (unpaired) electrons. The van der Waals surface area contributed by atoms with Gasteiger partial charge in [0.1, 0.15) is 11.1 Å². The molecule has 0 saturated carbocycles. The zero-order valence-corrected chi connectivity index (χ0v) is 27.2. The van der Waals surface area contributed by atoms with Crippen LogP contribution >= 0.6 is 37.6 Å². The van der Waals surface area contributed by atoms with Gasteiger partial charge in [-0.3, -0.25) is 0 Å². The van der Waals surface area contributed by atoms with Gasteiger partial charge in [-0.1, -0.05) is 204 Å². The molecule has 0 unspecified atom stereocenters. The summed E-state index contributed by atoms with van der Waals surface area (Å²) in [5.41, 5.74) is 5.34. The number of nitrogens with zero attached hydrogens (tertiary/aromatic N) is 2. The molecule has 6 heteroatoms. The van der Waals surface area contributed by atoms with E-state index < -0.39 is 26.2 Å². The van der Waals surface area contributed by atoms with E-state index in [-0.39, 0.29) is 0 Å². The average Bonchev–Trinajstić information content (AvgIpc) is 3.11. The molecule has 0 atom stereocenters. The van der Waals surface area contributed by atoms with Crippen LogP contribution in [0.2, 0.25) is 0 Å². The maximum atomic E-state index is 7.89. The summed E-state index contributed by atoms with van der Waals surface area (Å²) >= 11 is 15.8. The molecule has 1 aliphatic heterocycles. The SMILES string of the molecule is ClP1N(C(c2ccccc2)(c2ccccc2)c2ccccc2)P(Cl)N1C(c1ccccc1)(c1ccccc1)c1ccccc1. The third-order valence-electron chi connectivity index (χ3n) is 8.37. The van der Waals surface area contributed by atoms with Gasteiger partial charge in [-0.15, -0.1) is 0 Å². The summed E-state index contributed by atoms with van der Waals surface area (Å²) in [6, 6.07) is 63.9. The number of halogens is 2. The molecule has 1 heterocycles. The Morgan fingerprint density at radius 3 is 0.614 bits per heavy atom. The van der Waals surface area contributed by atoms with Crippen LogP contribution in [0, 0.1) is 0 Å². The fourth-order valence-corrected chi connectivity index (χ4v) is 14.9. The van der Waals surface area contributed by atoms with E-state index in [4.69, 9.17) is 22.5 Å². The molecule has 1 saturated heterocycles. The van der Waals surface area contributed by atoms with Crippen LogP contribution < -0.4 is 0 Å². The monoisotopic (exact) mass is 646 g/mol. The van der Waals surface area contributed by atoms with Crippen LogP contribution in [-0.2, 0) is 11.1 Å². The molecule has 216 valence electrons. The van der Waals surface area contributed by atoms with Gasteiger partial charge in [0.15, 0.2) is 15.2 Å². The average molecular weight is 648 g/mol. The highest BCUT2D eigenvalue weighted by Crippen LogP contribution is 2.89. The van der Waals surface area contributed by atoms with Crippen molar-refractivity contribution < 1.29 is 0 Å². The van der Waals surface area contributed by atoms with Crippen molar-refractivity contribution in [3.8, 4) is 0 Å². The zero-order chi connectivity index (χ0) is 30.0. The minimum atomic E-state index is -1.47. The molecule has 1 aliphatic rings. The Kier molecular flexibility index (Phi) is 8.41. The highest BCUT2D eigenvalue weighted by Gasteiger charge is 2.65. The quantitative estimate of drug-likeness (QED) is 0.120. The fourth-order valence-electron chi connectivity index (χ4n) is 6.51. The largest absolute Gasteiger partial charge is 0.189 e. The van der Waals surface area contributed by atoms with Gasteiger partial charge in [-0.2, -0.15) is 8.88 Å². The van der Waals surface area contributed by atoms with E-state index in [1.165, 1.54) is 0 Å². The Bertz CT molecular complexity index is 1460. The first kappa shape index (κ1) is 29.4. The van der Waals surface area contributed by atoms with Gasteiger partial charge in [-0.25, -0.2) is 0 Å². The van der Waals surface area contributed by atoms with Crippen LogP contribution in [0.5, 0.6) is 0 Å². The maximum Gasteiger partial charge on any atom is 0.154 e. The third kappa shape index (κ3) is 4.65. The van der Waals surface area contributed by atoms with Crippen molar-refractivity contribution in [2.75, 3.05) is 0 Å². The lowest BCUT2D eigenvalue weighted by atomic mass is 9.78. The van der Waals surface area contributed by atoms with Crippen molar-refractivity contribution in [1.82, 2.24) is 8.88 Å². The normalized spacial score (nSPS) is 17.6. The Morgan fingerprint density at radius 1 is 0.295 bits per heavy atom. The molecule has 0 amide bonds. The first-order chi connectivity index (χ1) is 21.7. The second-order valence-electron chi connectivity index (χ2n) is 10.7. The first-order valence-corrected chi connectivity index (χ1v) is 18.9. The van der Waals surface area contributed by atoms with Crippen molar-refractivity contribution >= 4 is 37.6 Å². The van der Waals surface area contributed by atoms with Crippen molar-refractivity contribution in [2.45, 2.75) is 11.1 Å². The number of benzene rings is 6. The van der Waals surface area contributed by atoms with E-state index in [0.717, 1.165) is 33.4 Å². The Hall–Kier alpha value is -3.32. The van der Waals surface area contributed by atoms with Crippen LogP contribution in [0.1, 0.15) is 33.4 Å². The highest BCUT2D eigenvalue weighted by molar-refractivity contribution is 8.05. The summed E-state index contributed by atoms with van der Waals surface area (Å²) in [4.78, 5) is 0. The summed E-state index contributed by atoms with van der Waals surface area (Å²) in [6.45, 7) is 0. The summed E-state index contributed by atoms with van der Waals surface area (Å²) in [5, 5.41) is 0.